The predicted molar refractivity (Wildman–Crippen MR) is 73.0 cm³/mol. The maximum Gasteiger partial charge on any atom is 0.220 e. The third-order valence-electron chi connectivity index (χ3n) is 3.69. The minimum absolute atomic E-state index is 0.0220. The van der Waals surface area contributed by atoms with Gasteiger partial charge in [-0.25, -0.2) is 0 Å². The maximum atomic E-state index is 11.4. The summed E-state index contributed by atoms with van der Waals surface area (Å²) in [5.74, 6) is 0.193. The number of carbonyl (C=O) groups is 1. The summed E-state index contributed by atoms with van der Waals surface area (Å²) in [6, 6.07) is 6.44. The van der Waals surface area contributed by atoms with Crippen molar-refractivity contribution in [2.75, 3.05) is 0 Å². The number of amides is 1. The van der Waals surface area contributed by atoms with Gasteiger partial charge in [0, 0.05) is 16.4 Å². The van der Waals surface area contributed by atoms with Crippen molar-refractivity contribution in [3.63, 3.8) is 0 Å². The molecule has 1 aromatic carbocycles. The van der Waals surface area contributed by atoms with Gasteiger partial charge in [0.05, 0.1) is 0 Å². The number of hydrogen-bond acceptors (Lipinski definition) is 1. The second kappa shape index (κ2) is 4.81. The molecule has 2 nitrogen and oxygen atoms in total. The van der Waals surface area contributed by atoms with Gasteiger partial charge in [0.1, 0.15) is 0 Å². The van der Waals surface area contributed by atoms with Crippen LogP contribution in [0, 0.1) is 6.92 Å². The Bertz CT molecular complexity index is 444. The Labute approximate surface area is 111 Å². The fourth-order valence-corrected chi connectivity index (χ4v) is 2.86. The summed E-state index contributed by atoms with van der Waals surface area (Å²) in [5.41, 5.74) is 2.51. The van der Waals surface area contributed by atoms with Crippen LogP contribution in [-0.2, 0) is 11.2 Å². The highest BCUT2D eigenvalue weighted by molar-refractivity contribution is 9.10. The lowest BCUT2D eigenvalue weighted by Crippen LogP contribution is -2.42. The van der Waals surface area contributed by atoms with Gasteiger partial charge in [-0.2, -0.15) is 0 Å². The number of nitrogens with one attached hydrogen (secondary N) is 1. The smallest absolute Gasteiger partial charge is 0.220 e. The van der Waals surface area contributed by atoms with Gasteiger partial charge >= 0.3 is 0 Å². The van der Waals surface area contributed by atoms with Crippen molar-refractivity contribution in [1.29, 1.82) is 0 Å². The summed E-state index contributed by atoms with van der Waals surface area (Å²) < 4.78 is 1.14. The molecule has 1 aromatic rings. The molecule has 1 fully saturated rings. The minimum atomic E-state index is -0.0220. The highest BCUT2D eigenvalue weighted by Gasteiger charge is 2.35. The molecule has 2 rings (SSSR count). The van der Waals surface area contributed by atoms with Crippen molar-refractivity contribution in [3.8, 4) is 0 Å². The van der Waals surface area contributed by atoms with Crippen molar-refractivity contribution in [1.82, 2.24) is 5.32 Å². The standard InChI is InChI=1S/C14H18BrNO/c1-3-14(7-6-13(17)16-14)9-11-5-4-10(2)12(15)8-11/h4-5,8H,3,6-7,9H2,1-2H3,(H,16,17). The molecule has 0 spiro atoms. The van der Waals surface area contributed by atoms with Crippen molar-refractivity contribution < 1.29 is 4.79 Å². The number of rotatable bonds is 3. The maximum absolute atomic E-state index is 11.4. The van der Waals surface area contributed by atoms with Gasteiger partial charge in [0.2, 0.25) is 5.91 Å². The molecule has 0 bridgehead atoms. The van der Waals surface area contributed by atoms with E-state index in [2.05, 4.69) is 53.3 Å². The van der Waals surface area contributed by atoms with Crippen LogP contribution in [0.25, 0.3) is 0 Å². The quantitative estimate of drug-likeness (QED) is 0.910. The molecule has 17 heavy (non-hydrogen) atoms. The number of aryl methyl sites for hydroxylation is 1. The molecule has 0 aromatic heterocycles. The fraction of sp³-hybridized carbons (Fsp3) is 0.500. The molecule has 1 unspecified atom stereocenters. The Morgan fingerprint density at radius 3 is 2.76 bits per heavy atom. The molecule has 1 aliphatic rings. The highest BCUT2D eigenvalue weighted by Crippen LogP contribution is 2.29. The van der Waals surface area contributed by atoms with Gasteiger partial charge < -0.3 is 5.32 Å². The summed E-state index contributed by atoms with van der Waals surface area (Å²) in [6.45, 7) is 4.23. The fourth-order valence-electron chi connectivity index (χ4n) is 2.43. The van der Waals surface area contributed by atoms with Gasteiger partial charge in [-0.15, -0.1) is 0 Å². The molecule has 0 radical (unpaired) electrons. The van der Waals surface area contributed by atoms with Gasteiger partial charge in [0.25, 0.3) is 0 Å². The lowest BCUT2D eigenvalue weighted by molar-refractivity contribution is -0.119. The number of hydrogen-bond donors (Lipinski definition) is 1. The Morgan fingerprint density at radius 1 is 1.47 bits per heavy atom. The number of benzene rings is 1. The first-order chi connectivity index (χ1) is 8.04. The van der Waals surface area contributed by atoms with Crippen LogP contribution in [0.3, 0.4) is 0 Å². The molecular formula is C14H18BrNO. The zero-order valence-electron chi connectivity index (χ0n) is 10.3. The van der Waals surface area contributed by atoms with Crippen LogP contribution in [-0.4, -0.2) is 11.4 Å². The van der Waals surface area contributed by atoms with E-state index in [-0.39, 0.29) is 11.4 Å². The first-order valence-corrected chi connectivity index (χ1v) is 6.90. The van der Waals surface area contributed by atoms with Crippen LogP contribution >= 0.6 is 15.9 Å². The number of carbonyl (C=O) groups excluding carboxylic acids is 1. The largest absolute Gasteiger partial charge is 0.350 e. The average molecular weight is 296 g/mol. The Kier molecular flexibility index (Phi) is 3.57. The zero-order chi connectivity index (χ0) is 12.5. The minimum Gasteiger partial charge on any atom is -0.350 e. The van der Waals surface area contributed by atoms with E-state index >= 15 is 0 Å². The molecule has 0 aliphatic carbocycles. The predicted octanol–water partition coefficient (Wildman–Crippen LogP) is 3.36. The van der Waals surface area contributed by atoms with Crippen LogP contribution in [0.1, 0.15) is 37.3 Å². The van der Waals surface area contributed by atoms with E-state index in [9.17, 15) is 4.79 Å². The van der Waals surface area contributed by atoms with Crippen molar-refractivity contribution in [3.05, 3.63) is 33.8 Å². The van der Waals surface area contributed by atoms with Gasteiger partial charge in [-0.05, 0) is 43.4 Å². The van der Waals surface area contributed by atoms with Crippen LogP contribution in [0.5, 0.6) is 0 Å². The normalized spacial score (nSPS) is 23.8. The lowest BCUT2D eigenvalue weighted by atomic mass is 9.87. The lowest BCUT2D eigenvalue weighted by Gasteiger charge is -2.28. The topological polar surface area (TPSA) is 29.1 Å². The van der Waals surface area contributed by atoms with Crippen LogP contribution < -0.4 is 5.32 Å². The van der Waals surface area contributed by atoms with Crippen LogP contribution in [0.2, 0.25) is 0 Å². The molecule has 3 heteroatoms. The Balaban J connectivity index is 2.18. The highest BCUT2D eigenvalue weighted by atomic mass is 79.9. The van der Waals surface area contributed by atoms with Gasteiger partial charge in [-0.3, -0.25) is 4.79 Å². The first kappa shape index (κ1) is 12.6. The van der Waals surface area contributed by atoms with Gasteiger partial charge in [0.15, 0.2) is 0 Å². The van der Waals surface area contributed by atoms with Crippen molar-refractivity contribution in [2.24, 2.45) is 0 Å². The molecule has 1 heterocycles. The summed E-state index contributed by atoms with van der Waals surface area (Å²) in [6.07, 6.45) is 3.53. The van der Waals surface area contributed by atoms with Gasteiger partial charge in [-0.1, -0.05) is 35.0 Å². The van der Waals surface area contributed by atoms with E-state index in [1.807, 2.05) is 0 Å². The molecule has 0 saturated carbocycles. The SMILES string of the molecule is CCC1(Cc2ccc(C)c(Br)c2)CCC(=O)N1. The summed E-state index contributed by atoms with van der Waals surface area (Å²) in [5, 5.41) is 3.15. The van der Waals surface area contributed by atoms with E-state index in [0.29, 0.717) is 6.42 Å². The second-order valence-electron chi connectivity index (χ2n) is 4.94. The van der Waals surface area contributed by atoms with E-state index in [0.717, 1.165) is 23.7 Å². The van der Waals surface area contributed by atoms with Crippen LogP contribution in [0.15, 0.2) is 22.7 Å². The molecular weight excluding hydrogens is 278 g/mol. The summed E-state index contributed by atoms with van der Waals surface area (Å²) in [4.78, 5) is 11.4. The van der Waals surface area contributed by atoms with E-state index < -0.39 is 0 Å². The van der Waals surface area contributed by atoms with E-state index in [1.165, 1.54) is 11.1 Å². The van der Waals surface area contributed by atoms with Crippen LogP contribution in [0.4, 0.5) is 0 Å². The molecule has 1 N–H and O–H groups in total. The summed E-state index contributed by atoms with van der Waals surface area (Å²) in [7, 11) is 0. The Morgan fingerprint density at radius 2 is 2.24 bits per heavy atom. The molecule has 1 aliphatic heterocycles. The molecule has 92 valence electrons. The molecule has 1 atom stereocenters. The third kappa shape index (κ3) is 2.71. The molecule has 1 saturated heterocycles. The van der Waals surface area contributed by atoms with E-state index in [4.69, 9.17) is 0 Å². The van der Waals surface area contributed by atoms with E-state index in [1.54, 1.807) is 0 Å². The molecule has 1 amide bonds. The summed E-state index contributed by atoms with van der Waals surface area (Å²) >= 11 is 3.56. The zero-order valence-corrected chi connectivity index (χ0v) is 11.9. The first-order valence-electron chi connectivity index (χ1n) is 6.11. The average Bonchev–Trinajstić information content (AvgIpc) is 2.66. The van der Waals surface area contributed by atoms with Crippen molar-refractivity contribution in [2.45, 2.75) is 45.1 Å². The van der Waals surface area contributed by atoms with Crippen molar-refractivity contribution >= 4 is 21.8 Å². The Hall–Kier alpha value is -0.830. The number of halogens is 1. The third-order valence-corrected chi connectivity index (χ3v) is 4.55. The monoisotopic (exact) mass is 295 g/mol. The second-order valence-corrected chi connectivity index (χ2v) is 5.80.